The number of carbonyl (C=O) groups is 1. The summed E-state index contributed by atoms with van der Waals surface area (Å²) in [6, 6.07) is 7.53. The van der Waals surface area contributed by atoms with E-state index in [1.807, 2.05) is 31.3 Å². The van der Waals surface area contributed by atoms with Crippen LogP contribution < -0.4 is 23.7 Å². The zero-order chi connectivity index (χ0) is 21.3. The summed E-state index contributed by atoms with van der Waals surface area (Å²) >= 11 is 0. The zero-order valence-electron chi connectivity index (χ0n) is 17.8. The molecule has 2 aliphatic rings. The van der Waals surface area contributed by atoms with E-state index in [2.05, 4.69) is 4.90 Å². The Kier molecular flexibility index (Phi) is 5.72. The summed E-state index contributed by atoms with van der Waals surface area (Å²) in [7, 11) is 6.86. The number of rotatable bonds is 7. The van der Waals surface area contributed by atoms with Crippen molar-refractivity contribution in [3.8, 4) is 28.7 Å². The molecule has 0 bridgehead atoms. The minimum absolute atomic E-state index is 0.0779. The summed E-state index contributed by atoms with van der Waals surface area (Å²) in [5.41, 5.74) is 3.07. The topological polar surface area (TPSA) is 66.5 Å². The van der Waals surface area contributed by atoms with Crippen molar-refractivity contribution in [3.63, 3.8) is 0 Å². The number of fused-ring (bicyclic) bond motifs is 2. The van der Waals surface area contributed by atoms with Gasteiger partial charge in [-0.1, -0.05) is 6.07 Å². The van der Waals surface area contributed by atoms with E-state index >= 15 is 0 Å². The fourth-order valence-electron chi connectivity index (χ4n) is 4.29. The van der Waals surface area contributed by atoms with Crippen LogP contribution in [0.5, 0.6) is 28.7 Å². The molecular weight excluding hydrogens is 386 g/mol. The Balaban J connectivity index is 1.59. The Hall–Kier alpha value is -2.93. The fourth-order valence-corrected chi connectivity index (χ4v) is 4.29. The normalized spacial score (nSPS) is 17.4. The molecule has 2 aromatic carbocycles. The average molecular weight is 413 g/mol. The molecule has 4 rings (SSSR count). The van der Waals surface area contributed by atoms with Gasteiger partial charge in [0.15, 0.2) is 23.0 Å². The molecule has 1 atom stereocenters. The highest BCUT2D eigenvalue weighted by atomic mass is 16.7. The van der Waals surface area contributed by atoms with Crippen LogP contribution in [0, 0.1) is 0 Å². The molecule has 0 saturated heterocycles. The number of hydrogen-bond donors (Lipinski definition) is 0. The van der Waals surface area contributed by atoms with Gasteiger partial charge in [0.25, 0.3) is 0 Å². The van der Waals surface area contributed by atoms with Crippen molar-refractivity contribution in [2.24, 2.45) is 0 Å². The van der Waals surface area contributed by atoms with Crippen LogP contribution in [0.25, 0.3) is 0 Å². The van der Waals surface area contributed by atoms with Crippen molar-refractivity contribution >= 4 is 5.78 Å². The molecule has 0 N–H and O–H groups in total. The number of methoxy groups -OCH3 is 3. The van der Waals surface area contributed by atoms with Gasteiger partial charge >= 0.3 is 0 Å². The molecule has 0 radical (unpaired) electrons. The van der Waals surface area contributed by atoms with Gasteiger partial charge in [0, 0.05) is 31.0 Å². The molecule has 0 amide bonds. The van der Waals surface area contributed by atoms with Crippen LogP contribution in [0.1, 0.15) is 29.2 Å². The molecule has 0 fully saturated rings. The van der Waals surface area contributed by atoms with E-state index in [1.165, 1.54) is 0 Å². The number of Topliss-reactive ketones (excluding diaryl/α,β-unsaturated/α-hetero) is 1. The first kappa shape index (κ1) is 20.3. The standard InChI is InChI=1S/C23H27NO6/c1-24-8-7-15-11-20-22(30-13-29-20)23(28-4)21(15)17(24)12-16(25)9-14-5-6-18(26-2)19(10-14)27-3/h5-6,10-11,17H,7-9,12-13H2,1-4H3/t17-/m1/s1. The van der Waals surface area contributed by atoms with Gasteiger partial charge in [0.2, 0.25) is 12.5 Å². The molecule has 0 aliphatic carbocycles. The van der Waals surface area contributed by atoms with Gasteiger partial charge < -0.3 is 23.7 Å². The lowest BCUT2D eigenvalue weighted by atomic mass is 9.87. The van der Waals surface area contributed by atoms with Crippen molar-refractivity contribution in [1.29, 1.82) is 0 Å². The minimum Gasteiger partial charge on any atom is -0.493 e. The largest absolute Gasteiger partial charge is 0.493 e. The maximum atomic E-state index is 13.0. The maximum absolute atomic E-state index is 13.0. The predicted molar refractivity (Wildman–Crippen MR) is 111 cm³/mol. The van der Waals surface area contributed by atoms with Crippen LogP contribution in [-0.4, -0.2) is 52.4 Å². The lowest BCUT2D eigenvalue weighted by molar-refractivity contribution is -0.119. The first-order chi connectivity index (χ1) is 14.5. The monoisotopic (exact) mass is 413 g/mol. The van der Waals surface area contributed by atoms with E-state index in [0.717, 1.165) is 29.7 Å². The van der Waals surface area contributed by atoms with Crippen LogP contribution in [0.4, 0.5) is 0 Å². The molecule has 0 saturated carbocycles. The summed E-state index contributed by atoms with van der Waals surface area (Å²) < 4.78 is 27.6. The van der Waals surface area contributed by atoms with Gasteiger partial charge in [-0.15, -0.1) is 0 Å². The van der Waals surface area contributed by atoms with Crippen molar-refractivity contribution in [3.05, 3.63) is 41.0 Å². The fraction of sp³-hybridized carbons (Fsp3) is 0.435. The van der Waals surface area contributed by atoms with Crippen LogP contribution >= 0.6 is 0 Å². The molecule has 2 aliphatic heterocycles. The van der Waals surface area contributed by atoms with Crippen molar-refractivity contribution < 1.29 is 28.5 Å². The molecule has 2 heterocycles. The third-order valence-electron chi connectivity index (χ3n) is 5.82. The highest BCUT2D eigenvalue weighted by molar-refractivity contribution is 5.82. The highest BCUT2D eigenvalue weighted by Gasteiger charge is 2.34. The van der Waals surface area contributed by atoms with E-state index in [4.69, 9.17) is 23.7 Å². The molecule has 2 aromatic rings. The number of ketones is 1. The van der Waals surface area contributed by atoms with Crippen LogP contribution in [0.15, 0.2) is 24.3 Å². The van der Waals surface area contributed by atoms with E-state index in [1.54, 1.807) is 21.3 Å². The Bertz CT molecular complexity index is 957. The minimum atomic E-state index is -0.0779. The van der Waals surface area contributed by atoms with Crippen molar-refractivity contribution in [1.82, 2.24) is 4.90 Å². The molecule has 30 heavy (non-hydrogen) atoms. The summed E-state index contributed by atoms with van der Waals surface area (Å²) in [6.07, 6.45) is 1.58. The predicted octanol–water partition coefficient (Wildman–Crippen LogP) is 3.17. The molecule has 0 spiro atoms. The maximum Gasteiger partial charge on any atom is 0.231 e. The van der Waals surface area contributed by atoms with E-state index in [-0.39, 0.29) is 18.6 Å². The number of ether oxygens (including phenoxy) is 5. The number of hydrogen-bond acceptors (Lipinski definition) is 7. The van der Waals surface area contributed by atoms with Gasteiger partial charge in [-0.05, 0) is 42.8 Å². The number of nitrogens with zero attached hydrogens (tertiary/aromatic N) is 1. The van der Waals surface area contributed by atoms with Crippen molar-refractivity contribution in [2.45, 2.75) is 25.3 Å². The highest BCUT2D eigenvalue weighted by Crippen LogP contribution is 2.50. The molecule has 0 unspecified atom stereocenters. The first-order valence-corrected chi connectivity index (χ1v) is 9.98. The Morgan fingerprint density at radius 1 is 1.10 bits per heavy atom. The van der Waals surface area contributed by atoms with Crippen LogP contribution in [-0.2, 0) is 17.6 Å². The summed E-state index contributed by atoms with van der Waals surface area (Å²) in [5.74, 6) is 3.43. The number of likely N-dealkylation sites (N-methyl/N-ethyl adjacent to an activating group) is 1. The summed E-state index contributed by atoms with van der Waals surface area (Å²) in [4.78, 5) is 15.2. The lowest BCUT2D eigenvalue weighted by Crippen LogP contribution is -2.34. The van der Waals surface area contributed by atoms with Crippen molar-refractivity contribution in [2.75, 3.05) is 41.7 Å². The summed E-state index contributed by atoms with van der Waals surface area (Å²) in [5, 5.41) is 0. The van der Waals surface area contributed by atoms with Gasteiger partial charge in [0.05, 0.1) is 21.3 Å². The Labute approximate surface area is 176 Å². The smallest absolute Gasteiger partial charge is 0.231 e. The van der Waals surface area contributed by atoms with Gasteiger partial charge in [-0.2, -0.15) is 0 Å². The van der Waals surface area contributed by atoms with E-state index in [9.17, 15) is 4.79 Å². The molecule has 160 valence electrons. The van der Waals surface area contributed by atoms with Crippen LogP contribution in [0.3, 0.4) is 0 Å². The second kappa shape index (κ2) is 8.44. The van der Waals surface area contributed by atoms with Gasteiger partial charge in [0.1, 0.15) is 5.78 Å². The third kappa shape index (κ3) is 3.65. The Morgan fingerprint density at radius 3 is 2.63 bits per heavy atom. The van der Waals surface area contributed by atoms with Crippen LogP contribution in [0.2, 0.25) is 0 Å². The van der Waals surface area contributed by atoms with E-state index < -0.39 is 0 Å². The van der Waals surface area contributed by atoms with E-state index in [0.29, 0.717) is 41.6 Å². The van der Waals surface area contributed by atoms with Gasteiger partial charge in [-0.3, -0.25) is 9.69 Å². The molecular formula is C23H27NO6. The lowest BCUT2D eigenvalue weighted by Gasteiger charge is -2.35. The Morgan fingerprint density at radius 2 is 1.90 bits per heavy atom. The third-order valence-corrected chi connectivity index (χ3v) is 5.82. The SMILES string of the molecule is COc1ccc(CC(=O)C[C@@H]2c3c(cc4c(c3OC)OCO4)CCN2C)cc1OC. The van der Waals surface area contributed by atoms with Gasteiger partial charge in [-0.25, -0.2) is 0 Å². The first-order valence-electron chi connectivity index (χ1n) is 9.98. The molecule has 7 nitrogen and oxygen atoms in total. The second-order valence-electron chi connectivity index (χ2n) is 7.57. The molecule has 7 heteroatoms. The average Bonchev–Trinajstić information content (AvgIpc) is 3.22. The zero-order valence-corrected chi connectivity index (χ0v) is 17.8. The summed E-state index contributed by atoms with van der Waals surface area (Å²) in [6.45, 7) is 1.05. The second-order valence-corrected chi connectivity index (χ2v) is 7.57. The number of benzene rings is 2. The quantitative estimate of drug-likeness (QED) is 0.691. The number of carbonyl (C=O) groups excluding carboxylic acids is 1. The molecule has 0 aromatic heterocycles.